The number of nitro benzene ring substituents is 1. The fraction of sp³-hybridized carbons (Fsp3) is 0.111. The van der Waals surface area contributed by atoms with E-state index in [0.29, 0.717) is 11.3 Å². The molecule has 0 amide bonds. The summed E-state index contributed by atoms with van der Waals surface area (Å²) >= 11 is 10.3. The molecule has 0 heterocycles. The summed E-state index contributed by atoms with van der Waals surface area (Å²) in [4.78, 5) is 14.0. The molecule has 1 aromatic rings. The van der Waals surface area contributed by atoms with E-state index in [1.807, 2.05) is 0 Å². The molecule has 90 valence electrons. The van der Waals surface area contributed by atoms with E-state index < -0.39 is 4.92 Å². The smallest absolute Gasteiger partial charge is 0.270 e. The van der Waals surface area contributed by atoms with Gasteiger partial charge in [0.15, 0.2) is 0 Å². The summed E-state index contributed by atoms with van der Waals surface area (Å²) in [5, 5.41) is 10.6. The van der Waals surface area contributed by atoms with Crippen molar-refractivity contribution in [1.82, 2.24) is 0 Å². The Morgan fingerprint density at radius 3 is 2.65 bits per heavy atom. The molecular weight excluding hydrogens is 264 g/mol. The summed E-state index contributed by atoms with van der Waals surface area (Å²) in [6, 6.07) is 3.97. The van der Waals surface area contributed by atoms with Crippen LogP contribution in [-0.2, 0) is 0 Å². The van der Waals surface area contributed by atoms with Crippen LogP contribution in [0.1, 0.15) is 5.56 Å². The van der Waals surface area contributed by atoms with Gasteiger partial charge in [-0.2, -0.15) is 0 Å². The van der Waals surface area contributed by atoms with Crippen LogP contribution in [-0.4, -0.2) is 21.6 Å². The number of non-ortho nitro benzene ring substituents is 1. The number of amidine groups is 1. The zero-order valence-corrected chi connectivity index (χ0v) is 10.2. The Balaban J connectivity index is 3.32. The van der Waals surface area contributed by atoms with Crippen LogP contribution in [0.4, 0.5) is 11.4 Å². The van der Waals surface area contributed by atoms with Gasteiger partial charge < -0.3 is 11.5 Å². The fourth-order valence-electron chi connectivity index (χ4n) is 1.12. The van der Waals surface area contributed by atoms with Crippen LogP contribution in [0.2, 0.25) is 0 Å². The van der Waals surface area contributed by atoms with Crippen molar-refractivity contribution in [2.45, 2.75) is 0 Å². The van der Waals surface area contributed by atoms with Crippen LogP contribution < -0.4 is 11.5 Å². The van der Waals surface area contributed by atoms with Crippen LogP contribution in [0.15, 0.2) is 23.2 Å². The van der Waals surface area contributed by atoms with Gasteiger partial charge in [-0.3, -0.25) is 10.1 Å². The Morgan fingerprint density at radius 1 is 1.53 bits per heavy atom. The molecule has 17 heavy (non-hydrogen) atoms. The second-order valence-corrected chi connectivity index (χ2v) is 3.77. The maximum absolute atomic E-state index is 10.6. The molecule has 0 fully saturated rings. The Morgan fingerprint density at radius 2 is 2.18 bits per heavy atom. The van der Waals surface area contributed by atoms with Crippen LogP contribution in [0.5, 0.6) is 0 Å². The molecule has 1 rings (SSSR count). The SMILES string of the molecule is NC(=S)c1cc([N+](=O)[O-])ccc1N=C(N)CCl. The van der Waals surface area contributed by atoms with E-state index in [1.54, 1.807) is 0 Å². The first-order chi connectivity index (χ1) is 7.95. The van der Waals surface area contributed by atoms with E-state index in [2.05, 4.69) is 4.99 Å². The lowest BCUT2D eigenvalue weighted by Crippen LogP contribution is -2.14. The zero-order valence-electron chi connectivity index (χ0n) is 8.59. The second kappa shape index (κ2) is 5.55. The van der Waals surface area contributed by atoms with Gasteiger partial charge in [-0.1, -0.05) is 12.2 Å². The third-order valence-corrected chi connectivity index (χ3v) is 2.35. The summed E-state index contributed by atoms with van der Waals surface area (Å²) in [5.74, 6) is 0.228. The van der Waals surface area contributed by atoms with Crippen molar-refractivity contribution in [1.29, 1.82) is 0 Å². The number of aliphatic imine (C=N–C) groups is 1. The standard InChI is InChI=1S/C9H9ClN4O2S/c10-4-8(11)13-7-2-1-5(14(15)16)3-6(7)9(12)17/h1-3H,4H2,(H2,11,13)(H2,12,17). The van der Waals surface area contributed by atoms with E-state index in [4.69, 9.17) is 35.3 Å². The zero-order chi connectivity index (χ0) is 13.0. The first kappa shape index (κ1) is 13.3. The average Bonchev–Trinajstić information content (AvgIpc) is 2.28. The average molecular weight is 273 g/mol. The molecule has 0 aliphatic heterocycles. The number of rotatable bonds is 4. The number of benzene rings is 1. The summed E-state index contributed by atoms with van der Waals surface area (Å²) in [6.07, 6.45) is 0. The van der Waals surface area contributed by atoms with Crippen molar-refractivity contribution in [3.63, 3.8) is 0 Å². The predicted molar refractivity (Wildman–Crippen MR) is 71.0 cm³/mol. The first-order valence-corrected chi connectivity index (χ1v) is 5.37. The lowest BCUT2D eigenvalue weighted by molar-refractivity contribution is -0.384. The maximum atomic E-state index is 10.6. The van der Waals surface area contributed by atoms with Gasteiger partial charge >= 0.3 is 0 Å². The Bertz CT molecular complexity index is 504. The highest BCUT2D eigenvalue weighted by molar-refractivity contribution is 7.80. The molecule has 0 spiro atoms. The van der Waals surface area contributed by atoms with Crippen LogP contribution in [0, 0.1) is 10.1 Å². The number of halogens is 1. The largest absolute Gasteiger partial charge is 0.389 e. The lowest BCUT2D eigenvalue weighted by atomic mass is 10.1. The van der Waals surface area contributed by atoms with Crippen molar-refractivity contribution < 1.29 is 4.92 Å². The quantitative estimate of drug-likeness (QED) is 0.215. The monoisotopic (exact) mass is 272 g/mol. The van der Waals surface area contributed by atoms with Gasteiger partial charge in [0.25, 0.3) is 5.69 Å². The number of nitrogens with two attached hydrogens (primary N) is 2. The molecule has 6 nitrogen and oxygen atoms in total. The number of nitrogens with zero attached hydrogens (tertiary/aromatic N) is 2. The number of thiocarbonyl (C=S) groups is 1. The fourth-order valence-corrected chi connectivity index (χ4v) is 1.34. The lowest BCUT2D eigenvalue weighted by Gasteiger charge is -2.04. The molecule has 0 atom stereocenters. The van der Waals surface area contributed by atoms with Gasteiger partial charge in [0.2, 0.25) is 0 Å². The van der Waals surface area contributed by atoms with Crippen molar-refractivity contribution in [3.05, 3.63) is 33.9 Å². The molecular formula is C9H9ClN4O2S. The second-order valence-electron chi connectivity index (χ2n) is 3.06. The minimum absolute atomic E-state index is 0.00909. The van der Waals surface area contributed by atoms with E-state index in [9.17, 15) is 10.1 Å². The predicted octanol–water partition coefficient (Wildman–Crippen LogP) is 1.46. The molecule has 0 aromatic heterocycles. The van der Waals surface area contributed by atoms with Crippen LogP contribution >= 0.6 is 23.8 Å². The van der Waals surface area contributed by atoms with Gasteiger partial charge in [0.05, 0.1) is 16.5 Å². The minimum Gasteiger partial charge on any atom is -0.389 e. The number of alkyl halides is 1. The van der Waals surface area contributed by atoms with E-state index in [0.717, 1.165) is 0 Å². The summed E-state index contributed by atoms with van der Waals surface area (Å²) in [7, 11) is 0. The molecule has 1 aromatic carbocycles. The molecule has 0 aliphatic carbocycles. The number of hydrogen-bond acceptors (Lipinski definition) is 4. The third kappa shape index (κ3) is 3.36. The Kier molecular flexibility index (Phi) is 4.36. The molecule has 8 heteroatoms. The maximum Gasteiger partial charge on any atom is 0.270 e. The molecule has 0 saturated carbocycles. The van der Waals surface area contributed by atoms with Gasteiger partial charge in [0.1, 0.15) is 10.8 Å². The van der Waals surface area contributed by atoms with Gasteiger partial charge in [-0.15, -0.1) is 11.6 Å². The molecule has 0 saturated heterocycles. The normalized spacial score (nSPS) is 11.2. The van der Waals surface area contributed by atoms with Gasteiger partial charge in [-0.25, -0.2) is 4.99 Å². The minimum atomic E-state index is -0.541. The van der Waals surface area contributed by atoms with Crippen LogP contribution in [0.3, 0.4) is 0 Å². The van der Waals surface area contributed by atoms with Crippen molar-refractivity contribution in [2.75, 3.05) is 5.88 Å². The Hall–Kier alpha value is -1.73. The molecule has 0 aliphatic rings. The third-order valence-electron chi connectivity index (χ3n) is 1.86. The van der Waals surface area contributed by atoms with E-state index in [1.165, 1.54) is 18.2 Å². The summed E-state index contributed by atoms with van der Waals surface area (Å²) in [6.45, 7) is 0. The highest BCUT2D eigenvalue weighted by Gasteiger charge is 2.12. The molecule has 0 radical (unpaired) electrons. The first-order valence-electron chi connectivity index (χ1n) is 4.43. The Labute approximate surface area is 107 Å². The molecule has 0 bridgehead atoms. The summed E-state index contributed by atoms with van der Waals surface area (Å²) in [5.41, 5.74) is 11.5. The number of hydrogen-bond donors (Lipinski definition) is 2. The molecule has 4 N–H and O–H groups in total. The number of nitro groups is 1. The highest BCUT2D eigenvalue weighted by atomic mass is 35.5. The van der Waals surface area contributed by atoms with Crippen molar-refractivity contribution >= 4 is 46.0 Å². The topological polar surface area (TPSA) is 108 Å². The highest BCUT2D eigenvalue weighted by Crippen LogP contribution is 2.24. The van der Waals surface area contributed by atoms with Crippen molar-refractivity contribution in [2.24, 2.45) is 16.5 Å². The van der Waals surface area contributed by atoms with Crippen LogP contribution in [0.25, 0.3) is 0 Å². The van der Waals surface area contributed by atoms with Gasteiger partial charge in [0, 0.05) is 17.7 Å². The van der Waals surface area contributed by atoms with Gasteiger partial charge in [-0.05, 0) is 6.07 Å². The van der Waals surface area contributed by atoms with Crippen molar-refractivity contribution in [3.8, 4) is 0 Å². The van der Waals surface area contributed by atoms with E-state index >= 15 is 0 Å². The summed E-state index contributed by atoms with van der Waals surface area (Å²) < 4.78 is 0. The molecule has 0 unspecified atom stereocenters. The van der Waals surface area contributed by atoms with E-state index in [-0.39, 0.29) is 22.4 Å².